The van der Waals surface area contributed by atoms with Crippen molar-refractivity contribution in [2.24, 2.45) is 0 Å². The number of halogens is 2. The Labute approximate surface area is 128 Å². The lowest BCUT2D eigenvalue weighted by Gasteiger charge is -2.14. The van der Waals surface area contributed by atoms with Crippen LogP contribution in [-0.4, -0.2) is 12.5 Å². The van der Waals surface area contributed by atoms with Gasteiger partial charge in [0.2, 0.25) is 5.91 Å². The van der Waals surface area contributed by atoms with Gasteiger partial charge >= 0.3 is 0 Å². The maximum absolute atomic E-state index is 13.5. The summed E-state index contributed by atoms with van der Waals surface area (Å²) in [6.45, 7) is 3.92. The van der Waals surface area contributed by atoms with Crippen LogP contribution in [0.2, 0.25) is 0 Å². The fourth-order valence-electron chi connectivity index (χ4n) is 2.12. The van der Waals surface area contributed by atoms with E-state index in [1.165, 1.54) is 12.1 Å². The molecule has 2 aromatic rings. The minimum atomic E-state index is -0.988. The zero-order valence-corrected chi connectivity index (χ0v) is 12.5. The minimum Gasteiger partial charge on any atom is -0.374 e. The van der Waals surface area contributed by atoms with E-state index in [9.17, 15) is 13.6 Å². The number of hydrogen-bond donors (Lipinski definition) is 2. The lowest BCUT2D eigenvalue weighted by Crippen LogP contribution is -2.23. The molecule has 3 nitrogen and oxygen atoms in total. The number of carbonyl (C=O) groups excluding carboxylic acids is 1. The van der Waals surface area contributed by atoms with Gasteiger partial charge in [0.25, 0.3) is 0 Å². The highest BCUT2D eigenvalue weighted by Crippen LogP contribution is 2.23. The summed E-state index contributed by atoms with van der Waals surface area (Å²) < 4.78 is 26.6. The molecule has 2 N–H and O–H groups in total. The van der Waals surface area contributed by atoms with Gasteiger partial charge in [-0.1, -0.05) is 38.1 Å². The van der Waals surface area contributed by atoms with Gasteiger partial charge in [-0.2, -0.15) is 0 Å². The summed E-state index contributed by atoms with van der Waals surface area (Å²) in [5.74, 6) is -1.99. The van der Waals surface area contributed by atoms with Crippen molar-refractivity contribution in [2.75, 3.05) is 17.2 Å². The predicted octanol–water partition coefficient (Wildman–Crippen LogP) is 4.14. The van der Waals surface area contributed by atoms with Crippen LogP contribution in [-0.2, 0) is 4.79 Å². The first-order valence-electron chi connectivity index (χ1n) is 7.05. The zero-order valence-electron chi connectivity index (χ0n) is 12.5. The average Bonchev–Trinajstić information content (AvgIpc) is 2.49. The molecular weight excluding hydrogens is 286 g/mol. The third kappa shape index (κ3) is 3.81. The van der Waals surface area contributed by atoms with Crippen molar-refractivity contribution in [3.63, 3.8) is 0 Å². The van der Waals surface area contributed by atoms with Crippen LogP contribution in [0.25, 0.3) is 0 Å². The molecule has 2 aromatic carbocycles. The van der Waals surface area contributed by atoms with Gasteiger partial charge in [-0.15, -0.1) is 0 Å². The van der Waals surface area contributed by atoms with E-state index >= 15 is 0 Å². The van der Waals surface area contributed by atoms with Crippen molar-refractivity contribution in [2.45, 2.75) is 19.8 Å². The molecule has 5 heteroatoms. The van der Waals surface area contributed by atoms with Crippen LogP contribution in [0.3, 0.4) is 0 Å². The Bertz CT molecular complexity index is 671. The fourth-order valence-corrected chi connectivity index (χ4v) is 2.12. The summed E-state index contributed by atoms with van der Waals surface area (Å²) in [7, 11) is 0. The second kappa shape index (κ2) is 7.02. The number of rotatable bonds is 5. The monoisotopic (exact) mass is 304 g/mol. The summed E-state index contributed by atoms with van der Waals surface area (Å²) >= 11 is 0. The molecule has 0 unspecified atom stereocenters. The van der Waals surface area contributed by atoms with Crippen LogP contribution >= 0.6 is 0 Å². The van der Waals surface area contributed by atoms with Crippen molar-refractivity contribution < 1.29 is 13.6 Å². The second-order valence-electron chi connectivity index (χ2n) is 5.25. The van der Waals surface area contributed by atoms with Crippen molar-refractivity contribution >= 4 is 17.3 Å². The molecular formula is C17H18F2N2O. The molecule has 116 valence electrons. The Morgan fingerprint density at radius 2 is 1.73 bits per heavy atom. The largest absolute Gasteiger partial charge is 0.374 e. The van der Waals surface area contributed by atoms with Crippen LogP contribution in [0.1, 0.15) is 25.3 Å². The quantitative estimate of drug-likeness (QED) is 0.871. The van der Waals surface area contributed by atoms with Crippen LogP contribution < -0.4 is 10.6 Å². The molecule has 0 aliphatic carbocycles. The van der Waals surface area contributed by atoms with Gasteiger partial charge in [0.1, 0.15) is 0 Å². The van der Waals surface area contributed by atoms with E-state index in [1.54, 1.807) is 0 Å². The number of para-hydroxylation sites is 1. The van der Waals surface area contributed by atoms with Gasteiger partial charge in [-0.25, -0.2) is 8.78 Å². The van der Waals surface area contributed by atoms with E-state index in [2.05, 4.69) is 10.6 Å². The number of benzene rings is 2. The topological polar surface area (TPSA) is 41.1 Å². The molecule has 1 amide bonds. The lowest BCUT2D eigenvalue weighted by atomic mass is 10.0. The Morgan fingerprint density at radius 1 is 1.05 bits per heavy atom. The number of anilines is 2. The molecule has 0 aliphatic heterocycles. The van der Waals surface area contributed by atoms with Gasteiger partial charge in [0.15, 0.2) is 11.6 Å². The smallest absolute Gasteiger partial charge is 0.243 e. The minimum absolute atomic E-state index is 0.0349. The van der Waals surface area contributed by atoms with Crippen LogP contribution in [0, 0.1) is 11.6 Å². The SMILES string of the molecule is CC(C)c1ccccc1NC(=O)CNc1cccc(F)c1F. The molecule has 0 bridgehead atoms. The average molecular weight is 304 g/mol. The van der Waals surface area contributed by atoms with E-state index in [1.807, 2.05) is 38.1 Å². The third-order valence-corrected chi connectivity index (χ3v) is 3.25. The van der Waals surface area contributed by atoms with Crippen molar-refractivity contribution in [3.8, 4) is 0 Å². The summed E-state index contributed by atoms with van der Waals surface area (Å²) in [5, 5.41) is 5.37. The highest BCUT2D eigenvalue weighted by molar-refractivity contribution is 5.94. The summed E-state index contributed by atoms with van der Waals surface area (Å²) in [4.78, 5) is 12.0. The molecule has 0 aliphatic rings. The highest BCUT2D eigenvalue weighted by Gasteiger charge is 2.11. The summed E-state index contributed by atoms with van der Waals surface area (Å²) in [5.41, 5.74) is 1.71. The fraction of sp³-hybridized carbons (Fsp3) is 0.235. The molecule has 22 heavy (non-hydrogen) atoms. The molecule has 0 aromatic heterocycles. The van der Waals surface area contributed by atoms with Crippen LogP contribution in [0.15, 0.2) is 42.5 Å². The van der Waals surface area contributed by atoms with Gasteiger partial charge in [0, 0.05) is 5.69 Å². The Morgan fingerprint density at radius 3 is 2.45 bits per heavy atom. The summed E-state index contributed by atoms with van der Waals surface area (Å²) in [6.07, 6.45) is 0. The van der Waals surface area contributed by atoms with E-state index in [-0.39, 0.29) is 24.1 Å². The van der Waals surface area contributed by atoms with Crippen molar-refractivity contribution in [3.05, 3.63) is 59.7 Å². The normalized spacial score (nSPS) is 10.6. The molecule has 0 fully saturated rings. The van der Waals surface area contributed by atoms with Crippen LogP contribution in [0.4, 0.5) is 20.2 Å². The van der Waals surface area contributed by atoms with Gasteiger partial charge in [0.05, 0.1) is 12.2 Å². The molecule has 0 radical (unpaired) electrons. The molecule has 0 heterocycles. The standard InChI is InChI=1S/C17H18F2N2O/c1-11(2)12-6-3-4-8-14(12)21-16(22)10-20-15-9-5-7-13(18)17(15)19/h3-9,11,20H,10H2,1-2H3,(H,21,22). The number of hydrogen-bond acceptors (Lipinski definition) is 2. The Balaban J connectivity index is 2.01. The molecule has 2 rings (SSSR count). The van der Waals surface area contributed by atoms with Gasteiger partial charge in [-0.05, 0) is 29.7 Å². The Kier molecular flexibility index (Phi) is 5.09. The maximum Gasteiger partial charge on any atom is 0.243 e. The number of carbonyl (C=O) groups is 1. The third-order valence-electron chi connectivity index (χ3n) is 3.25. The molecule has 0 saturated carbocycles. The van der Waals surface area contributed by atoms with Gasteiger partial charge < -0.3 is 10.6 Å². The van der Waals surface area contributed by atoms with E-state index in [0.717, 1.165) is 17.3 Å². The lowest BCUT2D eigenvalue weighted by molar-refractivity contribution is -0.114. The molecule has 0 spiro atoms. The van der Waals surface area contributed by atoms with Crippen LogP contribution in [0.5, 0.6) is 0 Å². The zero-order chi connectivity index (χ0) is 16.1. The first-order valence-corrected chi connectivity index (χ1v) is 7.05. The summed E-state index contributed by atoms with van der Waals surface area (Å²) in [6, 6.07) is 11.3. The van der Waals surface area contributed by atoms with Crippen molar-refractivity contribution in [1.82, 2.24) is 0 Å². The number of amides is 1. The van der Waals surface area contributed by atoms with Gasteiger partial charge in [-0.3, -0.25) is 4.79 Å². The first kappa shape index (κ1) is 15.9. The highest BCUT2D eigenvalue weighted by atomic mass is 19.2. The van der Waals surface area contributed by atoms with E-state index in [0.29, 0.717) is 0 Å². The number of nitrogens with one attached hydrogen (secondary N) is 2. The molecule has 0 saturated heterocycles. The van der Waals surface area contributed by atoms with E-state index < -0.39 is 11.6 Å². The van der Waals surface area contributed by atoms with Crippen molar-refractivity contribution in [1.29, 1.82) is 0 Å². The molecule has 0 atom stereocenters. The Hall–Kier alpha value is -2.43. The first-order chi connectivity index (χ1) is 10.5. The van der Waals surface area contributed by atoms with E-state index in [4.69, 9.17) is 0 Å². The maximum atomic E-state index is 13.5. The second-order valence-corrected chi connectivity index (χ2v) is 5.25. The predicted molar refractivity (Wildman–Crippen MR) is 84.0 cm³/mol.